The molecule has 194 valence electrons. The molecule has 4 aromatic rings. The number of carbonyl (C=O) groups excluding carboxylic acids is 2. The van der Waals surface area contributed by atoms with Gasteiger partial charge in [0.2, 0.25) is 11.2 Å². The van der Waals surface area contributed by atoms with Crippen LogP contribution in [0, 0.1) is 0 Å². The SMILES string of the molecule is COC(=O)COc1cccc(C2CC(=O)Oc3cc(O)c4c(=O)c(O)c(-c5ccc(O)c(O)c5)oc4c32)c1. The maximum absolute atomic E-state index is 13.2. The zero-order valence-corrected chi connectivity index (χ0v) is 19.8. The molecule has 0 spiro atoms. The largest absolute Gasteiger partial charge is 0.507 e. The smallest absolute Gasteiger partial charge is 0.343 e. The van der Waals surface area contributed by atoms with Crippen molar-refractivity contribution in [2.45, 2.75) is 12.3 Å². The number of esters is 2. The van der Waals surface area contributed by atoms with E-state index >= 15 is 0 Å². The molecule has 11 nitrogen and oxygen atoms in total. The highest BCUT2D eigenvalue weighted by atomic mass is 16.6. The van der Waals surface area contributed by atoms with E-state index in [9.17, 15) is 34.8 Å². The number of benzene rings is 3. The molecule has 1 aliphatic rings. The van der Waals surface area contributed by atoms with Gasteiger partial charge in [-0.05, 0) is 35.9 Å². The van der Waals surface area contributed by atoms with Crippen LogP contribution in [0.3, 0.4) is 0 Å². The van der Waals surface area contributed by atoms with Gasteiger partial charge in [-0.1, -0.05) is 12.1 Å². The molecular weight excluding hydrogens is 500 g/mol. The first-order valence-electron chi connectivity index (χ1n) is 11.3. The fourth-order valence-corrected chi connectivity index (χ4v) is 4.35. The van der Waals surface area contributed by atoms with Crippen LogP contribution in [0.5, 0.6) is 34.5 Å². The summed E-state index contributed by atoms with van der Waals surface area (Å²) in [6, 6.07) is 11.2. The fraction of sp³-hybridized carbons (Fsp3) is 0.148. The molecule has 0 aliphatic carbocycles. The minimum atomic E-state index is -0.958. The zero-order chi connectivity index (χ0) is 27.1. The molecular formula is C27H20O11. The Morgan fingerprint density at radius 2 is 1.79 bits per heavy atom. The van der Waals surface area contributed by atoms with Gasteiger partial charge >= 0.3 is 11.9 Å². The average molecular weight is 520 g/mol. The summed E-state index contributed by atoms with van der Waals surface area (Å²) in [5.74, 6) is -4.34. The third-order valence-corrected chi connectivity index (χ3v) is 6.15. The van der Waals surface area contributed by atoms with Gasteiger partial charge in [-0.2, -0.15) is 0 Å². The molecule has 0 saturated carbocycles. The Morgan fingerprint density at radius 3 is 2.53 bits per heavy atom. The Labute approximate surface area is 213 Å². The highest BCUT2D eigenvalue weighted by Gasteiger charge is 2.34. The van der Waals surface area contributed by atoms with E-state index in [1.807, 2.05) is 0 Å². The number of ether oxygens (including phenoxy) is 3. The molecule has 0 radical (unpaired) electrons. The predicted octanol–water partition coefficient (Wildman–Crippen LogP) is 3.28. The Hall–Kier alpha value is -5.19. The van der Waals surface area contributed by atoms with Crippen LogP contribution in [0.25, 0.3) is 22.3 Å². The van der Waals surface area contributed by atoms with E-state index in [4.69, 9.17) is 13.9 Å². The number of fused-ring (bicyclic) bond motifs is 3. The summed E-state index contributed by atoms with van der Waals surface area (Å²) in [6.07, 6.45) is -0.159. The van der Waals surface area contributed by atoms with Gasteiger partial charge in [0.25, 0.3) is 0 Å². The lowest BCUT2D eigenvalue weighted by Gasteiger charge is -2.26. The van der Waals surface area contributed by atoms with E-state index in [0.29, 0.717) is 11.3 Å². The minimum Gasteiger partial charge on any atom is -0.507 e. The molecule has 3 aromatic carbocycles. The molecule has 0 bridgehead atoms. The van der Waals surface area contributed by atoms with Crippen molar-refractivity contribution in [3.8, 4) is 45.8 Å². The summed E-state index contributed by atoms with van der Waals surface area (Å²) in [5.41, 5.74) is -0.235. The van der Waals surface area contributed by atoms with E-state index in [0.717, 1.165) is 18.2 Å². The quantitative estimate of drug-likeness (QED) is 0.173. The fourth-order valence-electron chi connectivity index (χ4n) is 4.35. The van der Waals surface area contributed by atoms with Crippen LogP contribution in [0.1, 0.15) is 23.5 Å². The molecule has 1 aromatic heterocycles. The molecule has 1 atom stereocenters. The summed E-state index contributed by atoms with van der Waals surface area (Å²) in [7, 11) is 1.23. The van der Waals surface area contributed by atoms with E-state index < -0.39 is 46.3 Å². The van der Waals surface area contributed by atoms with Crippen LogP contribution < -0.4 is 14.9 Å². The molecule has 1 aliphatic heterocycles. The number of phenols is 3. The maximum atomic E-state index is 13.2. The lowest BCUT2D eigenvalue weighted by atomic mass is 9.85. The number of aromatic hydroxyl groups is 4. The van der Waals surface area contributed by atoms with Gasteiger partial charge in [-0.25, -0.2) is 4.79 Å². The van der Waals surface area contributed by atoms with Crippen molar-refractivity contribution in [2.24, 2.45) is 0 Å². The third kappa shape index (κ3) is 4.19. The Balaban J connectivity index is 1.73. The van der Waals surface area contributed by atoms with Crippen LogP contribution in [0.15, 0.2) is 57.7 Å². The highest BCUT2D eigenvalue weighted by Crippen LogP contribution is 2.47. The van der Waals surface area contributed by atoms with Crippen molar-refractivity contribution in [3.05, 3.63) is 69.9 Å². The molecule has 5 rings (SSSR count). The van der Waals surface area contributed by atoms with Crippen LogP contribution in [-0.4, -0.2) is 46.1 Å². The van der Waals surface area contributed by atoms with Gasteiger partial charge in [-0.15, -0.1) is 0 Å². The first kappa shape index (κ1) is 24.5. The van der Waals surface area contributed by atoms with Crippen molar-refractivity contribution in [1.29, 1.82) is 0 Å². The first-order valence-corrected chi connectivity index (χ1v) is 11.3. The summed E-state index contributed by atoms with van der Waals surface area (Å²) in [5, 5.41) is 40.5. The van der Waals surface area contributed by atoms with Gasteiger partial charge in [0.15, 0.2) is 23.9 Å². The predicted molar refractivity (Wildman–Crippen MR) is 131 cm³/mol. The lowest BCUT2D eigenvalue weighted by molar-refractivity contribution is -0.143. The molecule has 11 heteroatoms. The highest BCUT2D eigenvalue weighted by molar-refractivity contribution is 5.94. The summed E-state index contributed by atoms with van der Waals surface area (Å²) < 4.78 is 21.4. The van der Waals surface area contributed by atoms with Crippen molar-refractivity contribution < 1.29 is 48.6 Å². The maximum Gasteiger partial charge on any atom is 0.343 e. The minimum absolute atomic E-state index is 0.0505. The Morgan fingerprint density at radius 1 is 1.00 bits per heavy atom. The monoisotopic (exact) mass is 520 g/mol. The number of carbonyl (C=O) groups is 2. The van der Waals surface area contributed by atoms with Crippen molar-refractivity contribution in [3.63, 3.8) is 0 Å². The Kier molecular flexibility index (Phi) is 6.03. The van der Waals surface area contributed by atoms with Crippen LogP contribution in [-0.2, 0) is 14.3 Å². The molecule has 38 heavy (non-hydrogen) atoms. The molecule has 0 saturated heterocycles. The molecule has 0 fully saturated rings. The van der Waals surface area contributed by atoms with Crippen molar-refractivity contribution in [2.75, 3.05) is 13.7 Å². The third-order valence-electron chi connectivity index (χ3n) is 6.15. The molecule has 1 unspecified atom stereocenters. The average Bonchev–Trinajstić information content (AvgIpc) is 2.90. The summed E-state index contributed by atoms with van der Waals surface area (Å²) >= 11 is 0. The van der Waals surface area contributed by atoms with E-state index in [2.05, 4.69) is 4.74 Å². The molecule has 0 amide bonds. The summed E-state index contributed by atoms with van der Waals surface area (Å²) in [4.78, 5) is 37.1. The first-order chi connectivity index (χ1) is 18.2. The Bertz CT molecular complexity index is 1670. The second-order valence-corrected chi connectivity index (χ2v) is 8.49. The number of hydrogen-bond donors (Lipinski definition) is 4. The van der Waals surface area contributed by atoms with E-state index in [-0.39, 0.29) is 46.6 Å². The van der Waals surface area contributed by atoms with Crippen molar-refractivity contribution >= 4 is 22.9 Å². The van der Waals surface area contributed by atoms with Crippen LogP contribution in [0.4, 0.5) is 0 Å². The second kappa shape index (κ2) is 9.36. The van der Waals surface area contributed by atoms with Gasteiger partial charge in [0.05, 0.1) is 13.5 Å². The topological polar surface area (TPSA) is 173 Å². The van der Waals surface area contributed by atoms with E-state index in [1.54, 1.807) is 24.3 Å². The number of hydrogen-bond acceptors (Lipinski definition) is 11. The molecule has 2 heterocycles. The summed E-state index contributed by atoms with van der Waals surface area (Å²) in [6.45, 7) is -0.336. The normalized spacial score (nSPS) is 14.6. The van der Waals surface area contributed by atoms with Crippen molar-refractivity contribution in [1.82, 2.24) is 0 Å². The van der Waals surface area contributed by atoms with Gasteiger partial charge in [-0.3, -0.25) is 9.59 Å². The van der Waals surface area contributed by atoms with Crippen LogP contribution >= 0.6 is 0 Å². The zero-order valence-electron chi connectivity index (χ0n) is 19.8. The van der Waals surface area contributed by atoms with E-state index in [1.165, 1.54) is 13.2 Å². The van der Waals surface area contributed by atoms with Gasteiger partial charge in [0.1, 0.15) is 28.2 Å². The van der Waals surface area contributed by atoms with Crippen LogP contribution in [0.2, 0.25) is 0 Å². The number of methoxy groups -OCH3 is 1. The number of phenolic OH excluding ortho intramolecular Hbond substituents is 3. The number of rotatable bonds is 5. The van der Waals surface area contributed by atoms with Gasteiger partial charge < -0.3 is 39.1 Å². The lowest BCUT2D eigenvalue weighted by Crippen LogP contribution is -2.22. The molecule has 4 N–H and O–H groups in total. The second-order valence-electron chi connectivity index (χ2n) is 8.49. The van der Waals surface area contributed by atoms with Gasteiger partial charge in [0, 0.05) is 23.1 Å². The standard InChI is InChI=1S/C27H20O11/c1-35-21(32)11-36-14-4-2-3-12(7-14)15-9-20(31)37-19-10-18(30)23-24(33)25(34)26(38-27(23)22(15)19)13-5-6-16(28)17(29)8-13/h2-8,10,15,28-30,34H,9,11H2,1H3.